The highest BCUT2D eigenvalue weighted by Crippen LogP contribution is 2.34. The van der Waals surface area contributed by atoms with Crippen LogP contribution in [0, 0.1) is 10.1 Å². The average Bonchev–Trinajstić information content (AvgIpc) is 2.40. The summed E-state index contributed by atoms with van der Waals surface area (Å²) in [6.45, 7) is 4.85. The molecule has 0 bridgehead atoms. The summed E-state index contributed by atoms with van der Waals surface area (Å²) in [5.41, 5.74) is 0.278. The van der Waals surface area contributed by atoms with Gasteiger partial charge in [0.1, 0.15) is 5.69 Å². The highest BCUT2D eigenvalue weighted by atomic mass is 35.5. The molecule has 0 heterocycles. The lowest BCUT2D eigenvalue weighted by Crippen LogP contribution is -2.27. The zero-order valence-corrected chi connectivity index (χ0v) is 12.5. The summed E-state index contributed by atoms with van der Waals surface area (Å²) < 4.78 is 0. The van der Waals surface area contributed by atoms with Gasteiger partial charge in [-0.1, -0.05) is 18.5 Å². The van der Waals surface area contributed by atoms with Gasteiger partial charge >= 0.3 is 0 Å². The number of nitrogens with zero attached hydrogens (tertiary/aromatic N) is 2. The second-order valence-electron chi connectivity index (χ2n) is 4.37. The Hall–Kier alpha value is -1.82. The molecule has 0 aliphatic rings. The Morgan fingerprint density at radius 3 is 2.60 bits per heavy atom. The summed E-state index contributed by atoms with van der Waals surface area (Å²) in [4.78, 5) is 24.2. The van der Waals surface area contributed by atoms with Gasteiger partial charge < -0.3 is 10.2 Å². The number of hydrogen-bond acceptors (Lipinski definition) is 4. The maximum absolute atomic E-state index is 12.2. The molecule has 1 aromatic rings. The van der Waals surface area contributed by atoms with Crippen molar-refractivity contribution in [2.45, 2.75) is 20.3 Å². The van der Waals surface area contributed by atoms with Crippen molar-refractivity contribution in [2.75, 3.05) is 25.5 Å². The second-order valence-corrected chi connectivity index (χ2v) is 4.77. The van der Waals surface area contributed by atoms with Gasteiger partial charge in [0.15, 0.2) is 0 Å². The molecule has 0 atom stereocenters. The summed E-state index contributed by atoms with van der Waals surface area (Å²) in [6.07, 6.45) is 0.813. The first-order valence-electron chi connectivity index (χ1n) is 6.39. The van der Waals surface area contributed by atoms with Crippen molar-refractivity contribution in [3.8, 4) is 0 Å². The van der Waals surface area contributed by atoms with E-state index in [9.17, 15) is 14.9 Å². The Morgan fingerprint density at radius 1 is 1.45 bits per heavy atom. The van der Waals surface area contributed by atoms with Crippen LogP contribution in [0.25, 0.3) is 0 Å². The van der Waals surface area contributed by atoms with Crippen LogP contribution in [-0.4, -0.2) is 35.9 Å². The van der Waals surface area contributed by atoms with E-state index >= 15 is 0 Å². The van der Waals surface area contributed by atoms with Gasteiger partial charge in [-0.15, -0.1) is 0 Å². The van der Waals surface area contributed by atoms with Crippen molar-refractivity contribution in [3.05, 3.63) is 32.8 Å². The third-order valence-corrected chi connectivity index (χ3v) is 3.07. The zero-order valence-electron chi connectivity index (χ0n) is 11.8. The lowest BCUT2D eigenvalue weighted by atomic mass is 10.1. The molecule has 1 amide bonds. The third kappa shape index (κ3) is 3.60. The first-order chi connectivity index (χ1) is 9.42. The molecule has 6 nitrogen and oxygen atoms in total. The van der Waals surface area contributed by atoms with E-state index in [1.807, 2.05) is 13.8 Å². The number of nitrogens with one attached hydrogen (secondary N) is 1. The van der Waals surface area contributed by atoms with Gasteiger partial charge in [0, 0.05) is 31.8 Å². The van der Waals surface area contributed by atoms with E-state index in [2.05, 4.69) is 5.32 Å². The molecule has 7 heteroatoms. The van der Waals surface area contributed by atoms with Gasteiger partial charge in [0.25, 0.3) is 11.6 Å². The van der Waals surface area contributed by atoms with Crippen molar-refractivity contribution in [2.24, 2.45) is 0 Å². The fourth-order valence-electron chi connectivity index (χ4n) is 1.87. The summed E-state index contributed by atoms with van der Waals surface area (Å²) in [5.74, 6) is -0.278. The highest BCUT2D eigenvalue weighted by Gasteiger charge is 2.22. The number of nitro benzene ring substituents is 1. The average molecular weight is 300 g/mol. The van der Waals surface area contributed by atoms with Crippen LogP contribution >= 0.6 is 11.6 Å². The molecule has 0 aliphatic heterocycles. The molecular weight excluding hydrogens is 282 g/mol. The van der Waals surface area contributed by atoms with Gasteiger partial charge in [0.2, 0.25) is 0 Å². The number of carbonyl (C=O) groups excluding carboxylic acids is 1. The minimum absolute atomic E-state index is 0.175. The van der Waals surface area contributed by atoms with Crippen LogP contribution in [0.2, 0.25) is 5.02 Å². The van der Waals surface area contributed by atoms with Crippen molar-refractivity contribution >= 4 is 28.9 Å². The number of hydrogen-bond donors (Lipinski definition) is 1. The lowest BCUT2D eigenvalue weighted by Gasteiger charge is -2.17. The highest BCUT2D eigenvalue weighted by molar-refractivity contribution is 6.34. The zero-order chi connectivity index (χ0) is 15.3. The molecule has 20 heavy (non-hydrogen) atoms. The Morgan fingerprint density at radius 2 is 2.10 bits per heavy atom. The quantitative estimate of drug-likeness (QED) is 0.646. The molecule has 0 fully saturated rings. The first kappa shape index (κ1) is 16.2. The fourth-order valence-corrected chi connectivity index (χ4v) is 2.15. The van der Waals surface area contributed by atoms with Crippen LogP contribution in [0.1, 0.15) is 30.6 Å². The van der Waals surface area contributed by atoms with Gasteiger partial charge in [-0.2, -0.15) is 0 Å². The van der Waals surface area contributed by atoms with Crippen molar-refractivity contribution in [3.63, 3.8) is 0 Å². The number of benzene rings is 1. The minimum Gasteiger partial charge on any atom is -0.379 e. The molecule has 0 saturated carbocycles. The summed E-state index contributed by atoms with van der Waals surface area (Å²) in [5, 5.41) is 14.1. The summed E-state index contributed by atoms with van der Waals surface area (Å²) >= 11 is 6.05. The van der Waals surface area contributed by atoms with E-state index in [0.717, 1.165) is 6.42 Å². The normalized spacial score (nSPS) is 10.2. The Labute approximate surface area is 122 Å². The molecule has 1 aromatic carbocycles. The predicted octanol–water partition coefficient (Wildman–Crippen LogP) is 3.16. The van der Waals surface area contributed by atoms with E-state index in [1.165, 1.54) is 17.0 Å². The van der Waals surface area contributed by atoms with E-state index in [0.29, 0.717) is 13.1 Å². The number of anilines is 1. The molecule has 0 aliphatic carbocycles. The van der Waals surface area contributed by atoms with Crippen molar-refractivity contribution in [1.82, 2.24) is 4.90 Å². The topological polar surface area (TPSA) is 75.5 Å². The molecule has 0 saturated heterocycles. The number of amides is 1. The summed E-state index contributed by atoms with van der Waals surface area (Å²) in [6, 6.07) is 2.72. The second kappa shape index (κ2) is 7.09. The van der Waals surface area contributed by atoms with E-state index in [1.54, 1.807) is 7.05 Å². The molecule has 0 unspecified atom stereocenters. The van der Waals surface area contributed by atoms with E-state index in [-0.39, 0.29) is 27.9 Å². The lowest BCUT2D eigenvalue weighted by molar-refractivity contribution is -0.384. The first-order valence-corrected chi connectivity index (χ1v) is 6.77. The third-order valence-electron chi connectivity index (χ3n) is 2.77. The van der Waals surface area contributed by atoms with Crippen LogP contribution in [-0.2, 0) is 0 Å². The standard InChI is InChI=1S/C13H18ClN3O3/c1-4-6-16(3)13(18)9-7-10(14)12(15-5-2)11(8-9)17(19)20/h7-8,15H,4-6H2,1-3H3. The van der Waals surface area contributed by atoms with Crippen LogP contribution in [0.3, 0.4) is 0 Å². The maximum Gasteiger partial charge on any atom is 0.294 e. The van der Waals surface area contributed by atoms with Gasteiger partial charge in [0.05, 0.1) is 9.95 Å². The van der Waals surface area contributed by atoms with Crippen LogP contribution in [0.15, 0.2) is 12.1 Å². The largest absolute Gasteiger partial charge is 0.379 e. The van der Waals surface area contributed by atoms with E-state index in [4.69, 9.17) is 11.6 Å². The molecule has 1 rings (SSSR count). The maximum atomic E-state index is 12.2. The van der Waals surface area contributed by atoms with Crippen LogP contribution < -0.4 is 5.32 Å². The van der Waals surface area contributed by atoms with Crippen molar-refractivity contribution in [1.29, 1.82) is 0 Å². The smallest absolute Gasteiger partial charge is 0.294 e. The number of rotatable bonds is 6. The van der Waals surface area contributed by atoms with Gasteiger partial charge in [-0.25, -0.2) is 0 Å². The monoisotopic (exact) mass is 299 g/mol. The molecule has 0 aromatic heterocycles. The molecule has 0 radical (unpaired) electrons. The minimum atomic E-state index is -0.541. The SMILES string of the molecule is CCCN(C)C(=O)c1cc(Cl)c(NCC)c([N+](=O)[O-])c1. The predicted molar refractivity (Wildman–Crippen MR) is 79.5 cm³/mol. The van der Waals surface area contributed by atoms with Crippen molar-refractivity contribution < 1.29 is 9.72 Å². The Bertz CT molecular complexity index is 520. The number of halogens is 1. The van der Waals surface area contributed by atoms with E-state index < -0.39 is 4.92 Å². The molecule has 1 N–H and O–H groups in total. The molecule has 0 spiro atoms. The van der Waals surface area contributed by atoms with Gasteiger partial charge in [-0.05, 0) is 19.4 Å². The molecule has 110 valence electrons. The van der Waals surface area contributed by atoms with Crippen LogP contribution in [0.5, 0.6) is 0 Å². The van der Waals surface area contributed by atoms with Gasteiger partial charge in [-0.3, -0.25) is 14.9 Å². The number of carbonyl (C=O) groups is 1. The Kier molecular flexibility index (Phi) is 5.76. The molecular formula is C13H18ClN3O3. The Balaban J connectivity index is 3.24. The van der Waals surface area contributed by atoms with Crippen LogP contribution in [0.4, 0.5) is 11.4 Å². The fraction of sp³-hybridized carbons (Fsp3) is 0.462. The summed E-state index contributed by atoms with van der Waals surface area (Å²) in [7, 11) is 1.66. The number of nitro groups is 1.